The Morgan fingerprint density at radius 2 is 1.83 bits per heavy atom. The Balaban J connectivity index is 2.06. The number of rotatable bonds is 3. The molecule has 0 atom stereocenters. The van der Waals surface area contributed by atoms with Gasteiger partial charge in [0, 0.05) is 0 Å². The van der Waals surface area contributed by atoms with Crippen LogP contribution in [-0.2, 0) is 6.61 Å². The molecule has 2 nitrogen and oxygen atoms in total. The normalized spacial score (nSPS) is 10.4. The van der Waals surface area contributed by atoms with E-state index in [1.54, 1.807) is 6.07 Å². The highest BCUT2D eigenvalue weighted by atomic mass is 79.9. The van der Waals surface area contributed by atoms with Crippen molar-refractivity contribution in [2.45, 2.75) is 6.61 Å². The molecular formula is C13H10BrF2NO. The molecule has 2 rings (SSSR count). The minimum Gasteiger partial charge on any atom is -0.489 e. The maximum atomic E-state index is 13.2. The van der Waals surface area contributed by atoms with Crippen LogP contribution in [0.4, 0.5) is 14.5 Å². The molecule has 0 radical (unpaired) electrons. The second-order valence-electron chi connectivity index (χ2n) is 3.72. The maximum absolute atomic E-state index is 13.2. The second kappa shape index (κ2) is 5.35. The van der Waals surface area contributed by atoms with Gasteiger partial charge in [-0.1, -0.05) is 6.07 Å². The van der Waals surface area contributed by atoms with E-state index in [4.69, 9.17) is 10.5 Å². The van der Waals surface area contributed by atoms with E-state index in [2.05, 4.69) is 15.9 Å². The van der Waals surface area contributed by atoms with Crippen molar-refractivity contribution in [3.63, 3.8) is 0 Å². The molecule has 0 saturated carbocycles. The number of benzene rings is 2. The lowest BCUT2D eigenvalue weighted by Gasteiger charge is -2.07. The van der Waals surface area contributed by atoms with E-state index < -0.39 is 5.82 Å². The van der Waals surface area contributed by atoms with Gasteiger partial charge in [-0.15, -0.1) is 0 Å². The molecule has 18 heavy (non-hydrogen) atoms. The van der Waals surface area contributed by atoms with Gasteiger partial charge in [-0.25, -0.2) is 8.78 Å². The Morgan fingerprint density at radius 1 is 1.06 bits per heavy atom. The quantitative estimate of drug-likeness (QED) is 0.873. The SMILES string of the molecule is Nc1ccc(COc2ccc(F)c(Br)c2)cc1F. The molecule has 0 unspecified atom stereocenters. The van der Waals surface area contributed by atoms with Crippen molar-refractivity contribution >= 4 is 21.6 Å². The summed E-state index contributed by atoms with van der Waals surface area (Å²) in [6.07, 6.45) is 0. The molecule has 0 amide bonds. The van der Waals surface area contributed by atoms with Crippen molar-refractivity contribution in [1.29, 1.82) is 0 Å². The molecule has 2 N–H and O–H groups in total. The molecule has 0 aliphatic carbocycles. The minimum absolute atomic E-state index is 0.100. The van der Waals surface area contributed by atoms with Crippen LogP contribution in [0, 0.1) is 11.6 Å². The van der Waals surface area contributed by atoms with Crippen LogP contribution < -0.4 is 10.5 Å². The monoisotopic (exact) mass is 313 g/mol. The predicted octanol–water partition coefficient (Wildman–Crippen LogP) is 3.89. The van der Waals surface area contributed by atoms with Crippen molar-refractivity contribution in [2.75, 3.05) is 5.73 Å². The average molecular weight is 314 g/mol. The molecule has 0 aliphatic heterocycles. The zero-order valence-electron chi connectivity index (χ0n) is 9.29. The predicted molar refractivity (Wildman–Crippen MR) is 69.2 cm³/mol. The number of nitrogens with two attached hydrogens (primary N) is 1. The van der Waals surface area contributed by atoms with Gasteiger partial charge < -0.3 is 10.5 Å². The molecule has 2 aromatic carbocycles. The van der Waals surface area contributed by atoms with Crippen LogP contribution in [-0.4, -0.2) is 0 Å². The van der Waals surface area contributed by atoms with Crippen LogP contribution >= 0.6 is 15.9 Å². The van der Waals surface area contributed by atoms with Gasteiger partial charge >= 0.3 is 0 Å². The zero-order chi connectivity index (χ0) is 13.1. The standard InChI is InChI=1S/C13H10BrF2NO/c14-10-6-9(2-3-11(10)15)18-7-8-1-4-13(17)12(16)5-8/h1-6H,7,17H2. The summed E-state index contributed by atoms with van der Waals surface area (Å²) in [5.41, 5.74) is 6.12. The largest absolute Gasteiger partial charge is 0.489 e. The van der Waals surface area contributed by atoms with Crippen LogP contribution in [0.2, 0.25) is 0 Å². The van der Waals surface area contributed by atoms with Crippen LogP contribution in [0.3, 0.4) is 0 Å². The van der Waals surface area contributed by atoms with Crippen molar-refractivity contribution in [2.24, 2.45) is 0 Å². The van der Waals surface area contributed by atoms with Gasteiger partial charge in [0.15, 0.2) is 0 Å². The van der Waals surface area contributed by atoms with Crippen LogP contribution in [0.5, 0.6) is 5.75 Å². The van der Waals surface area contributed by atoms with Crippen molar-refractivity contribution in [1.82, 2.24) is 0 Å². The van der Waals surface area contributed by atoms with Crippen molar-refractivity contribution in [3.05, 3.63) is 58.1 Å². The van der Waals surface area contributed by atoms with E-state index in [0.717, 1.165) is 0 Å². The third kappa shape index (κ3) is 2.98. The second-order valence-corrected chi connectivity index (χ2v) is 4.57. The lowest BCUT2D eigenvalue weighted by Crippen LogP contribution is -1.98. The Morgan fingerprint density at radius 3 is 2.50 bits per heavy atom. The van der Waals surface area contributed by atoms with Crippen LogP contribution in [0.1, 0.15) is 5.56 Å². The Hall–Kier alpha value is -1.62. The smallest absolute Gasteiger partial charge is 0.146 e. The first-order chi connectivity index (χ1) is 8.56. The first-order valence-corrected chi connectivity index (χ1v) is 5.97. The number of anilines is 1. The molecule has 0 fully saturated rings. The van der Waals surface area contributed by atoms with Gasteiger partial charge in [0.1, 0.15) is 24.0 Å². The molecule has 0 aromatic heterocycles. The molecule has 94 valence electrons. The average Bonchev–Trinajstić information content (AvgIpc) is 2.35. The van der Waals surface area contributed by atoms with E-state index in [1.807, 2.05) is 0 Å². The van der Waals surface area contributed by atoms with Gasteiger partial charge in [-0.05, 0) is 51.8 Å². The lowest BCUT2D eigenvalue weighted by molar-refractivity contribution is 0.305. The first-order valence-electron chi connectivity index (χ1n) is 5.18. The molecule has 0 spiro atoms. The minimum atomic E-state index is -0.476. The van der Waals surface area contributed by atoms with Gasteiger partial charge in [0.25, 0.3) is 0 Å². The molecule has 0 heterocycles. The zero-order valence-corrected chi connectivity index (χ0v) is 10.9. The van der Waals surface area contributed by atoms with Gasteiger partial charge in [0.2, 0.25) is 0 Å². The summed E-state index contributed by atoms with van der Waals surface area (Å²) >= 11 is 3.06. The number of hydrogen-bond acceptors (Lipinski definition) is 2. The highest BCUT2D eigenvalue weighted by Gasteiger charge is 2.03. The molecule has 0 saturated heterocycles. The summed E-state index contributed by atoms with van der Waals surface area (Å²) in [7, 11) is 0. The Kier molecular flexibility index (Phi) is 3.81. The fourth-order valence-corrected chi connectivity index (χ4v) is 1.75. The molecule has 2 aromatic rings. The summed E-state index contributed by atoms with van der Waals surface area (Å²) in [6, 6.07) is 8.79. The fourth-order valence-electron chi connectivity index (χ4n) is 1.39. The number of hydrogen-bond donors (Lipinski definition) is 1. The summed E-state index contributed by atoms with van der Waals surface area (Å²) in [5, 5.41) is 0. The highest BCUT2D eigenvalue weighted by molar-refractivity contribution is 9.10. The molecular weight excluding hydrogens is 304 g/mol. The van der Waals surface area contributed by atoms with Crippen LogP contribution in [0.15, 0.2) is 40.9 Å². The maximum Gasteiger partial charge on any atom is 0.146 e. The van der Waals surface area contributed by atoms with Gasteiger partial charge in [-0.2, -0.15) is 0 Å². The molecule has 0 aliphatic rings. The van der Waals surface area contributed by atoms with E-state index >= 15 is 0 Å². The summed E-state index contributed by atoms with van der Waals surface area (Å²) in [5.74, 6) is -0.335. The Labute approximate surface area is 112 Å². The van der Waals surface area contributed by atoms with E-state index in [9.17, 15) is 8.78 Å². The van der Waals surface area contributed by atoms with E-state index in [1.165, 1.54) is 30.3 Å². The summed E-state index contributed by atoms with van der Waals surface area (Å²) < 4.78 is 31.9. The number of halogens is 3. The summed E-state index contributed by atoms with van der Waals surface area (Å²) in [6.45, 7) is 0.190. The summed E-state index contributed by atoms with van der Waals surface area (Å²) in [4.78, 5) is 0. The Bertz CT molecular complexity index is 523. The van der Waals surface area contributed by atoms with Crippen molar-refractivity contribution < 1.29 is 13.5 Å². The molecule has 5 heteroatoms. The van der Waals surface area contributed by atoms with Gasteiger partial charge in [-0.3, -0.25) is 0 Å². The molecule has 0 bridgehead atoms. The topological polar surface area (TPSA) is 35.2 Å². The lowest BCUT2D eigenvalue weighted by atomic mass is 10.2. The number of ether oxygens (including phenoxy) is 1. The fraction of sp³-hybridized carbons (Fsp3) is 0.0769. The highest BCUT2D eigenvalue weighted by Crippen LogP contribution is 2.22. The van der Waals surface area contributed by atoms with E-state index in [-0.39, 0.29) is 18.1 Å². The van der Waals surface area contributed by atoms with Crippen LogP contribution in [0.25, 0.3) is 0 Å². The first kappa shape index (κ1) is 12.8. The van der Waals surface area contributed by atoms with Crippen molar-refractivity contribution in [3.8, 4) is 5.75 Å². The van der Waals surface area contributed by atoms with E-state index in [0.29, 0.717) is 15.8 Å². The third-order valence-corrected chi connectivity index (χ3v) is 2.97. The third-order valence-electron chi connectivity index (χ3n) is 2.36. The van der Waals surface area contributed by atoms with Gasteiger partial charge in [0.05, 0.1) is 10.2 Å². The number of nitrogen functional groups attached to an aromatic ring is 1.